The van der Waals surface area contributed by atoms with Gasteiger partial charge in [0.2, 0.25) is 0 Å². The zero-order chi connectivity index (χ0) is 17.5. The normalized spacial score (nSPS) is 29.1. The highest BCUT2D eigenvalue weighted by atomic mass is 16.2. The molecule has 6 nitrogen and oxygen atoms in total. The molecule has 2 amide bonds. The molecule has 2 saturated carbocycles. The monoisotopic (exact) mass is 355 g/mol. The third-order valence-corrected chi connectivity index (χ3v) is 6.98. The van der Waals surface area contributed by atoms with Crippen molar-refractivity contribution in [2.45, 2.75) is 56.9 Å². The molecule has 0 radical (unpaired) electrons. The summed E-state index contributed by atoms with van der Waals surface area (Å²) in [7, 11) is 0. The van der Waals surface area contributed by atoms with Crippen molar-refractivity contribution >= 4 is 11.8 Å². The molecule has 0 bridgehead atoms. The van der Waals surface area contributed by atoms with Gasteiger partial charge in [0.05, 0.1) is 0 Å². The maximum absolute atomic E-state index is 12.5. The Labute approximate surface area is 155 Å². The fourth-order valence-electron chi connectivity index (χ4n) is 5.14. The second-order valence-corrected chi connectivity index (χ2v) is 8.69. The number of likely N-dealkylation sites (tertiary alicyclic amines) is 1. The molecule has 5 rings (SSSR count). The Bertz CT molecular complexity index is 656. The molecular weight excluding hydrogens is 326 g/mol. The summed E-state index contributed by atoms with van der Waals surface area (Å²) in [5.74, 6) is 2.88. The minimum absolute atomic E-state index is 0.159. The Morgan fingerprint density at radius 1 is 0.962 bits per heavy atom. The zero-order valence-electron chi connectivity index (χ0n) is 15.4. The minimum Gasteiger partial charge on any atom is -0.356 e. The van der Waals surface area contributed by atoms with E-state index in [0.29, 0.717) is 23.8 Å². The van der Waals surface area contributed by atoms with Crippen molar-refractivity contribution in [2.75, 3.05) is 31.1 Å². The smallest absolute Gasteiger partial charge is 0.317 e. The van der Waals surface area contributed by atoms with Crippen molar-refractivity contribution in [3.8, 4) is 0 Å². The summed E-state index contributed by atoms with van der Waals surface area (Å²) < 4.78 is 0. The Morgan fingerprint density at radius 2 is 1.69 bits per heavy atom. The summed E-state index contributed by atoms with van der Waals surface area (Å²) in [5.41, 5.74) is 1.22. The molecule has 2 saturated heterocycles. The van der Waals surface area contributed by atoms with Crippen LogP contribution in [0, 0.1) is 11.8 Å². The number of carbonyl (C=O) groups is 1. The van der Waals surface area contributed by atoms with E-state index < -0.39 is 0 Å². The molecule has 4 fully saturated rings. The average molecular weight is 355 g/mol. The van der Waals surface area contributed by atoms with Gasteiger partial charge in [-0.25, -0.2) is 14.8 Å². The number of carbonyl (C=O) groups excluding carboxylic acids is 1. The number of fused-ring (bicyclic) bond motifs is 1. The molecule has 4 aliphatic rings. The van der Waals surface area contributed by atoms with Crippen LogP contribution < -0.4 is 10.2 Å². The number of nitrogens with one attached hydrogen (secondary N) is 1. The molecular formula is C20H29N5O. The van der Waals surface area contributed by atoms with E-state index in [4.69, 9.17) is 0 Å². The lowest BCUT2D eigenvalue weighted by Crippen LogP contribution is -2.44. The van der Waals surface area contributed by atoms with Crippen molar-refractivity contribution in [1.82, 2.24) is 20.2 Å². The molecule has 2 aliphatic heterocycles. The van der Waals surface area contributed by atoms with Gasteiger partial charge in [0, 0.05) is 61.7 Å². The van der Waals surface area contributed by atoms with Gasteiger partial charge in [-0.1, -0.05) is 19.3 Å². The van der Waals surface area contributed by atoms with Crippen molar-refractivity contribution < 1.29 is 4.79 Å². The van der Waals surface area contributed by atoms with Crippen LogP contribution in [0.5, 0.6) is 0 Å². The number of urea groups is 1. The Balaban J connectivity index is 1.18. The summed E-state index contributed by atoms with van der Waals surface area (Å²) >= 11 is 0. The van der Waals surface area contributed by atoms with E-state index in [0.717, 1.165) is 44.8 Å². The third-order valence-electron chi connectivity index (χ3n) is 6.98. The molecule has 1 N–H and O–H groups in total. The van der Waals surface area contributed by atoms with Gasteiger partial charge < -0.3 is 15.1 Å². The van der Waals surface area contributed by atoms with Gasteiger partial charge in [0.15, 0.2) is 0 Å². The lowest BCUT2D eigenvalue weighted by Gasteiger charge is -2.27. The van der Waals surface area contributed by atoms with E-state index in [1.54, 1.807) is 6.33 Å². The van der Waals surface area contributed by atoms with Crippen LogP contribution in [0.25, 0.3) is 0 Å². The summed E-state index contributed by atoms with van der Waals surface area (Å²) in [4.78, 5) is 26.0. The van der Waals surface area contributed by atoms with Gasteiger partial charge in [0.1, 0.15) is 12.1 Å². The first-order valence-electron chi connectivity index (χ1n) is 10.4. The topological polar surface area (TPSA) is 61.4 Å². The van der Waals surface area contributed by atoms with Crippen LogP contribution >= 0.6 is 0 Å². The molecule has 3 heterocycles. The molecule has 2 aliphatic carbocycles. The quantitative estimate of drug-likeness (QED) is 0.906. The van der Waals surface area contributed by atoms with E-state index in [1.807, 2.05) is 4.90 Å². The predicted octanol–water partition coefficient (Wildman–Crippen LogP) is 2.76. The lowest BCUT2D eigenvalue weighted by molar-refractivity contribution is 0.201. The molecule has 2 atom stereocenters. The average Bonchev–Trinajstić information content (AvgIpc) is 3.29. The van der Waals surface area contributed by atoms with Gasteiger partial charge >= 0.3 is 6.03 Å². The summed E-state index contributed by atoms with van der Waals surface area (Å²) in [6.07, 6.45) is 10.4. The number of rotatable bonds is 3. The minimum atomic E-state index is 0.159. The second-order valence-electron chi connectivity index (χ2n) is 8.69. The molecule has 0 spiro atoms. The van der Waals surface area contributed by atoms with Crippen LogP contribution in [-0.4, -0.2) is 53.1 Å². The molecule has 26 heavy (non-hydrogen) atoms. The van der Waals surface area contributed by atoms with Crippen LogP contribution in [0.3, 0.4) is 0 Å². The van der Waals surface area contributed by atoms with E-state index in [1.165, 1.54) is 37.8 Å². The van der Waals surface area contributed by atoms with Crippen molar-refractivity contribution in [2.24, 2.45) is 11.8 Å². The van der Waals surface area contributed by atoms with Gasteiger partial charge in [-0.05, 0) is 25.7 Å². The molecule has 1 aromatic heterocycles. The van der Waals surface area contributed by atoms with Gasteiger partial charge in [-0.3, -0.25) is 0 Å². The summed E-state index contributed by atoms with van der Waals surface area (Å²) in [5, 5.41) is 3.24. The standard InChI is InChI=1S/C20H29N5O/c26-20(23-17-6-1-2-7-17)25-11-15-9-24(10-16(15)12-25)19-8-18(21-13-22-19)14-4-3-5-14/h8,13-17H,1-7,9-12H2,(H,23,26). The number of nitrogens with zero attached hydrogens (tertiary/aromatic N) is 4. The third kappa shape index (κ3) is 3.03. The maximum Gasteiger partial charge on any atom is 0.317 e. The van der Waals surface area contributed by atoms with E-state index in [9.17, 15) is 4.79 Å². The molecule has 0 aromatic carbocycles. The highest BCUT2D eigenvalue weighted by Crippen LogP contribution is 2.37. The van der Waals surface area contributed by atoms with Gasteiger partial charge in [-0.15, -0.1) is 0 Å². The predicted molar refractivity (Wildman–Crippen MR) is 100 cm³/mol. The van der Waals surface area contributed by atoms with Crippen LogP contribution in [0.15, 0.2) is 12.4 Å². The number of anilines is 1. The van der Waals surface area contributed by atoms with E-state index >= 15 is 0 Å². The molecule has 140 valence electrons. The highest BCUT2D eigenvalue weighted by Gasteiger charge is 2.42. The number of aromatic nitrogens is 2. The summed E-state index contributed by atoms with van der Waals surface area (Å²) in [6.45, 7) is 3.80. The Hall–Kier alpha value is -1.85. The fraction of sp³-hybridized carbons (Fsp3) is 0.750. The van der Waals surface area contributed by atoms with Gasteiger partial charge in [0.25, 0.3) is 0 Å². The second kappa shape index (κ2) is 6.71. The lowest BCUT2D eigenvalue weighted by atomic mass is 9.83. The zero-order valence-corrected chi connectivity index (χ0v) is 15.4. The Kier molecular flexibility index (Phi) is 4.21. The fourth-order valence-corrected chi connectivity index (χ4v) is 5.14. The van der Waals surface area contributed by atoms with Crippen molar-refractivity contribution in [3.63, 3.8) is 0 Å². The largest absolute Gasteiger partial charge is 0.356 e. The summed E-state index contributed by atoms with van der Waals surface area (Å²) in [6, 6.07) is 2.77. The first-order valence-corrected chi connectivity index (χ1v) is 10.4. The highest BCUT2D eigenvalue weighted by molar-refractivity contribution is 5.75. The molecule has 2 unspecified atom stereocenters. The van der Waals surface area contributed by atoms with Gasteiger partial charge in [-0.2, -0.15) is 0 Å². The first kappa shape index (κ1) is 16.3. The van der Waals surface area contributed by atoms with Crippen LogP contribution in [0.1, 0.15) is 56.6 Å². The van der Waals surface area contributed by atoms with Crippen LogP contribution in [-0.2, 0) is 0 Å². The number of hydrogen-bond acceptors (Lipinski definition) is 4. The number of hydrogen-bond donors (Lipinski definition) is 1. The van der Waals surface area contributed by atoms with Crippen molar-refractivity contribution in [1.29, 1.82) is 0 Å². The van der Waals surface area contributed by atoms with Crippen molar-refractivity contribution in [3.05, 3.63) is 18.1 Å². The molecule has 1 aromatic rings. The van der Waals surface area contributed by atoms with Crippen LogP contribution in [0.2, 0.25) is 0 Å². The van der Waals surface area contributed by atoms with E-state index in [2.05, 4.69) is 26.3 Å². The van der Waals surface area contributed by atoms with Crippen LogP contribution in [0.4, 0.5) is 10.6 Å². The first-order chi connectivity index (χ1) is 12.8. The van der Waals surface area contributed by atoms with E-state index in [-0.39, 0.29) is 6.03 Å². The SMILES string of the molecule is O=C(NC1CCCC1)N1CC2CN(c3cc(C4CCC4)ncn3)CC2C1. The molecule has 6 heteroatoms. The maximum atomic E-state index is 12.5. The Morgan fingerprint density at radius 3 is 2.35 bits per heavy atom. The number of amides is 2.